The summed E-state index contributed by atoms with van der Waals surface area (Å²) in [5.74, 6) is 1.81. The summed E-state index contributed by atoms with van der Waals surface area (Å²) < 4.78 is 12.7. The third-order valence-electron chi connectivity index (χ3n) is 2.34. The number of nitrogens with zero attached hydrogens (tertiary/aromatic N) is 1. The standard InChI is InChI=1S/C14H22FN3S.HI/c1-11(2)10-18-14(16)17-8-3-9-19-13-6-4-12(15)5-7-13;/h4-7,11H,3,8-10H2,1-2H3,(H3,16,17,18);1H. The number of nitrogens with two attached hydrogens (primary N) is 1. The smallest absolute Gasteiger partial charge is 0.188 e. The van der Waals surface area contributed by atoms with Gasteiger partial charge in [-0.1, -0.05) is 13.8 Å². The van der Waals surface area contributed by atoms with Crippen LogP contribution in [0, 0.1) is 11.7 Å². The molecule has 1 aromatic carbocycles. The maximum atomic E-state index is 12.7. The van der Waals surface area contributed by atoms with Crippen LogP contribution in [-0.2, 0) is 0 Å². The topological polar surface area (TPSA) is 50.4 Å². The number of rotatable bonds is 7. The minimum absolute atomic E-state index is 0. The number of nitrogens with one attached hydrogen (secondary N) is 1. The first-order valence-electron chi connectivity index (χ1n) is 6.50. The predicted molar refractivity (Wildman–Crippen MR) is 96.5 cm³/mol. The van der Waals surface area contributed by atoms with E-state index in [-0.39, 0.29) is 29.8 Å². The SMILES string of the molecule is CC(C)CN=C(N)NCCCSc1ccc(F)cc1.I. The zero-order valence-electron chi connectivity index (χ0n) is 11.9. The van der Waals surface area contributed by atoms with Gasteiger partial charge in [-0.3, -0.25) is 4.99 Å². The van der Waals surface area contributed by atoms with Crippen LogP contribution < -0.4 is 11.1 Å². The largest absolute Gasteiger partial charge is 0.370 e. The van der Waals surface area contributed by atoms with Crippen LogP contribution in [0.1, 0.15) is 20.3 Å². The molecule has 0 atom stereocenters. The summed E-state index contributed by atoms with van der Waals surface area (Å²) in [7, 11) is 0. The Kier molecular flexibility index (Phi) is 10.9. The van der Waals surface area contributed by atoms with Crippen molar-refractivity contribution in [3.63, 3.8) is 0 Å². The van der Waals surface area contributed by atoms with E-state index in [9.17, 15) is 4.39 Å². The first-order valence-corrected chi connectivity index (χ1v) is 7.48. The molecule has 3 nitrogen and oxygen atoms in total. The average Bonchev–Trinajstić information content (AvgIpc) is 2.38. The number of thioether (sulfide) groups is 1. The van der Waals surface area contributed by atoms with Crippen LogP contribution in [0.15, 0.2) is 34.2 Å². The number of benzene rings is 1. The van der Waals surface area contributed by atoms with E-state index in [0.29, 0.717) is 11.9 Å². The summed E-state index contributed by atoms with van der Waals surface area (Å²) in [6, 6.07) is 6.56. The Hall–Kier alpha value is -0.500. The Morgan fingerprint density at radius 1 is 1.35 bits per heavy atom. The highest BCUT2D eigenvalue weighted by atomic mass is 127. The molecular weight excluding hydrogens is 388 g/mol. The molecule has 0 radical (unpaired) electrons. The molecule has 0 unspecified atom stereocenters. The Morgan fingerprint density at radius 2 is 2.00 bits per heavy atom. The van der Waals surface area contributed by atoms with Crippen LogP contribution in [-0.4, -0.2) is 24.8 Å². The van der Waals surface area contributed by atoms with Gasteiger partial charge < -0.3 is 11.1 Å². The van der Waals surface area contributed by atoms with Crippen molar-refractivity contribution in [3.8, 4) is 0 Å². The molecule has 0 saturated carbocycles. The fourth-order valence-electron chi connectivity index (χ4n) is 1.35. The van der Waals surface area contributed by atoms with E-state index in [1.54, 1.807) is 23.9 Å². The average molecular weight is 411 g/mol. The third-order valence-corrected chi connectivity index (χ3v) is 3.43. The summed E-state index contributed by atoms with van der Waals surface area (Å²) in [6.07, 6.45) is 0.986. The lowest BCUT2D eigenvalue weighted by Gasteiger charge is -2.06. The monoisotopic (exact) mass is 411 g/mol. The second kappa shape index (κ2) is 11.2. The molecule has 0 amide bonds. The highest BCUT2D eigenvalue weighted by molar-refractivity contribution is 14.0. The van der Waals surface area contributed by atoms with Crippen LogP contribution in [0.2, 0.25) is 0 Å². The quantitative estimate of drug-likeness (QED) is 0.238. The molecule has 20 heavy (non-hydrogen) atoms. The first-order chi connectivity index (χ1) is 9.08. The molecule has 0 bridgehead atoms. The van der Waals surface area contributed by atoms with Gasteiger partial charge in [0.2, 0.25) is 0 Å². The van der Waals surface area contributed by atoms with Crippen molar-refractivity contribution in [1.82, 2.24) is 5.32 Å². The summed E-state index contributed by atoms with van der Waals surface area (Å²) in [4.78, 5) is 5.31. The number of hydrogen-bond acceptors (Lipinski definition) is 2. The fourth-order valence-corrected chi connectivity index (χ4v) is 2.20. The van der Waals surface area contributed by atoms with E-state index in [2.05, 4.69) is 24.2 Å². The molecule has 0 aliphatic carbocycles. The van der Waals surface area contributed by atoms with Gasteiger partial charge in [-0.05, 0) is 42.4 Å². The summed E-state index contributed by atoms with van der Waals surface area (Å²) in [5, 5.41) is 3.09. The molecule has 1 rings (SSSR count). The van der Waals surface area contributed by atoms with Crippen LogP contribution in [0.4, 0.5) is 4.39 Å². The lowest BCUT2D eigenvalue weighted by molar-refractivity contribution is 0.626. The zero-order valence-corrected chi connectivity index (χ0v) is 15.1. The van der Waals surface area contributed by atoms with Gasteiger partial charge >= 0.3 is 0 Å². The van der Waals surface area contributed by atoms with E-state index >= 15 is 0 Å². The van der Waals surface area contributed by atoms with Gasteiger partial charge in [-0.25, -0.2) is 4.39 Å². The van der Waals surface area contributed by atoms with Crippen LogP contribution in [0.25, 0.3) is 0 Å². The maximum Gasteiger partial charge on any atom is 0.188 e. The molecule has 0 aromatic heterocycles. The van der Waals surface area contributed by atoms with Gasteiger partial charge in [-0.15, -0.1) is 35.7 Å². The van der Waals surface area contributed by atoms with Crippen molar-refractivity contribution in [2.45, 2.75) is 25.2 Å². The molecule has 114 valence electrons. The number of guanidine groups is 1. The molecule has 3 N–H and O–H groups in total. The molecule has 0 fully saturated rings. The Balaban J connectivity index is 0.00000361. The van der Waals surface area contributed by atoms with Gasteiger partial charge in [0.05, 0.1) is 0 Å². The zero-order chi connectivity index (χ0) is 14.1. The third kappa shape index (κ3) is 9.41. The van der Waals surface area contributed by atoms with Crippen molar-refractivity contribution in [3.05, 3.63) is 30.1 Å². The maximum absolute atomic E-state index is 12.7. The number of aliphatic imine (C=N–C) groups is 1. The van der Waals surface area contributed by atoms with E-state index in [1.165, 1.54) is 12.1 Å². The molecule has 0 aliphatic heterocycles. The van der Waals surface area contributed by atoms with Gasteiger partial charge in [0.15, 0.2) is 5.96 Å². The second-order valence-electron chi connectivity index (χ2n) is 4.70. The second-order valence-corrected chi connectivity index (χ2v) is 5.87. The van der Waals surface area contributed by atoms with Gasteiger partial charge in [0.1, 0.15) is 5.82 Å². The summed E-state index contributed by atoms with van der Waals surface area (Å²) >= 11 is 1.71. The van der Waals surface area contributed by atoms with Crippen molar-refractivity contribution in [1.29, 1.82) is 0 Å². The molecule has 0 saturated heterocycles. The van der Waals surface area contributed by atoms with Crippen molar-refractivity contribution >= 4 is 41.7 Å². The van der Waals surface area contributed by atoms with Crippen molar-refractivity contribution in [2.24, 2.45) is 16.6 Å². The minimum atomic E-state index is -0.194. The summed E-state index contributed by atoms with van der Waals surface area (Å²) in [6.45, 7) is 5.77. The molecule has 0 spiro atoms. The Morgan fingerprint density at radius 3 is 2.60 bits per heavy atom. The molecule has 6 heteroatoms. The van der Waals surface area contributed by atoms with Gasteiger partial charge in [0.25, 0.3) is 0 Å². The normalized spacial score (nSPS) is 11.3. The Bertz CT molecular complexity index is 396. The van der Waals surface area contributed by atoms with Crippen molar-refractivity contribution in [2.75, 3.05) is 18.8 Å². The molecule has 0 aliphatic rings. The van der Waals surface area contributed by atoms with E-state index < -0.39 is 0 Å². The van der Waals surface area contributed by atoms with Crippen LogP contribution in [0.3, 0.4) is 0 Å². The fraction of sp³-hybridized carbons (Fsp3) is 0.500. The van der Waals surface area contributed by atoms with E-state index in [0.717, 1.165) is 30.2 Å². The van der Waals surface area contributed by atoms with E-state index in [1.807, 2.05) is 0 Å². The summed E-state index contributed by atoms with van der Waals surface area (Å²) in [5.41, 5.74) is 5.72. The Labute approximate surface area is 142 Å². The van der Waals surface area contributed by atoms with E-state index in [4.69, 9.17) is 5.73 Å². The highest BCUT2D eigenvalue weighted by Gasteiger charge is 1.96. The van der Waals surface area contributed by atoms with Gasteiger partial charge in [0, 0.05) is 18.0 Å². The minimum Gasteiger partial charge on any atom is -0.370 e. The predicted octanol–water partition coefficient (Wildman–Crippen LogP) is 3.49. The van der Waals surface area contributed by atoms with Crippen LogP contribution in [0.5, 0.6) is 0 Å². The first kappa shape index (κ1) is 19.5. The molecule has 1 aromatic rings. The molecular formula is C14H23FIN3S. The van der Waals surface area contributed by atoms with Crippen LogP contribution >= 0.6 is 35.7 Å². The number of hydrogen-bond donors (Lipinski definition) is 2. The highest BCUT2D eigenvalue weighted by Crippen LogP contribution is 2.18. The van der Waals surface area contributed by atoms with Crippen molar-refractivity contribution < 1.29 is 4.39 Å². The van der Waals surface area contributed by atoms with Gasteiger partial charge in [-0.2, -0.15) is 0 Å². The molecule has 0 heterocycles. The number of halogens is 2. The lowest BCUT2D eigenvalue weighted by atomic mass is 10.2. The lowest BCUT2D eigenvalue weighted by Crippen LogP contribution is -2.33.